The van der Waals surface area contributed by atoms with Gasteiger partial charge in [-0.3, -0.25) is 33.6 Å². The van der Waals surface area contributed by atoms with Crippen molar-refractivity contribution >= 4 is 41.6 Å². The summed E-state index contributed by atoms with van der Waals surface area (Å²) in [5, 5.41) is 47.8. The fourth-order valence-corrected chi connectivity index (χ4v) is 5.57. The Morgan fingerprint density at radius 3 is 1.63 bits per heavy atom. The van der Waals surface area contributed by atoms with Crippen LogP contribution < -0.4 is 5.73 Å². The van der Waals surface area contributed by atoms with Crippen LogP contribution in [0.3, 0.4) is 0 Å². The highest BCUT2D eigenvalue weighted by atomic mass is 16.6. The molecule has 15 nitrogen and oxygen atoms in total. The van der Waals surface area contributed by atoms with Crippen molar-refractivity contribution < 1.29 is 68.6 Å². The number of carbonyl (C=O) groups excluding carboxylic acids is 3. The smallest absolute Gasteiger partial charge is 0.307 e. The van der Waals surface area contributed by atoms with Crippen LogP contribution in [0.1, 0.15) is 124 Å². The Hall–Kier alpha value is -3.59. The number of carboxylic acid groups (broad SMARTS) is 4. The molecule has 0 saturated heterocycles. The number of nitrogens with two attached hydrogens (primary N) is 1. The van der Waals surface area contributed by atoms with Gasteiger partial charge in [0, 0.05) is 6.42 Å². The lowest BCUT2D eigenvalue weighted by Gasteiger charge is -2.33. The zero-order chi connectivity index (χ0) is 37.7. The summed E-state index contributed by atoms with van der Waals surface area (Å²) in [5.74, 6) is -11.8. The van der Waals surface area contributed by atoms with Crippen molar-refractivity contribution in [1.29, 1.82) is 0 Å². The Morgan fingerprint density at radius 2 is 1.16 bits per heavy atom. The summed E-state index contributed by atoms with van der Waals surface area (Å²) >= 11 is 0. The van der Waals surface area contributed by atoms with Crippen molar-refractivity contribution in [2.24, 2.45) is 29.4 Å². The lowest BCUT2D eigenvalue weighted by atomic mass is 9.87. The number of carboxylic acids is 4. The van der Waals surface area contributed by atoms with Crippen LogP contribution in [0.25, 0.3) is 0 Å². The molecule has 0 aromatic heterocycles. The molecule has 282 valence electrons. The number of aliphatic hydroxyl groups is 1. The molecule has 0 aliphatic heterocycles. The zero-order valence-electron chi connectivity index (χ0n) is 29.2. The molecule has 49 heavy (non-hydrogen) atoms. The van der Waals surface area contributed by atoms with Crippen LogP contribution >= 0.6 is 0 Å². The predicted molar refractivity (Wildman–Crippen MR) is 175 cm³/mol. The zero-order valence-corrected chi connectivity index (χ0v) is 29.2. The van der Waals surface area contributed by atoms with E-state index in [0.717, 1.165) is 19.3 Å². The number of hydrogen-bond donors (Lipinski definition) is 6. The van der Waals surface area contributed by atoms with Crippen molar-refractivity contribution in [2.45, 2.75) is 148 Å². The summed E-state index contributed by atoms with van der Waals surface area (Å²) in [7, 11) is 0. The van der Waals surface area contributed by atoms with E-state index in [9.17, 15) is 48.9 Å². The summed E-state index contributed by atoms with van der Waals surface area (Å²) < 4.78 is 11.4. The molecule has 0 rings (SSSR count). The number of hydrogen-bond acceptors (Lipinski definition) is 11. The minimum atomic E-state index is -1.58. The van der Waals surface area contributed by atoms with Gasteiger partial charge in [0.2, 0.25) is 0 Å². The van der Waals surface area contributed by atoms with Crippen molar-refractivity contribution in [1.82, 2.24) is 0 Å². The Labute approximate surface area is 287 Å². The van der Waals surface area contributed by atoms with Crippen LogP contribution in [0.4, 0.5) is 0 Å². The summed E-state index contributed by atoms with van der Waals surface area (Å²) in [6, 6.07) is -0.494. The van der Waals surface area contributed by atoms with E-state index in [0.29, 0.717) is 38.5 Å². The second-order valence-electron chi connectivity index (χ2n) is 13.2. The molecule has 0 saturated carbocycles. The molecule has 0 aromatic rings. The van der Waals surface area contributed by atoms with Gasteiger partial charge in [-0.05, 0) is 50.9 Å². The van der Waals surface area contributed by atoms with Gasteiger partial charge in [0.05, 0.1) is 49.7 Å². The van der Waals surface area contributed by atoms with E-state index in [1.165, 1.54) is 0 Å². The van der Waals surface area contributed by atoms with Gasteiger partial charge in [-0.2, -0.15) is 0 Å². The summed E-state index contributed by atoms with van der Waals surface area (Å²) in [6.07, 6.45) is -0.0253. The highest BCUT2D eigenvalue weighted by Gasteiger charge is 2.37. The Kier molecular flexibility index (Phi) is 22.7. The monoisotopic (exact) mass is 703 g/mol. The first-order valence-corrected chi connectivity index (χ1v) is 17.1. The van der Waals surface area contributed by atoms with Gasteiger partial charge < -0.3 is 40.7 Å². The van der Waals surface area contributed by atoms with Crippen LogP contribution in [0.2, 0.25) is 0 Å². The van der Waals surface area contributed by atoms with Crippen LogP contribution in [0, 0.1) is 23.7 Å². The number of aliphatic carboxylic acids is 4. The Balaban J connectivity index is 5.95. The molecule has 0 aliphatic rings. The predicted octanol–water partition coefficient (Wildman–Crippen LogP) is 3.80. The second-order valence-corrected chi connectivity index (χ2v) is 13.2. The van der Waals surface area contributed by atoms with Gasteiger partial charge in [-0.1, -0.05) is 52.9 Å². The van der Waals surface area contributed by atoms with Crippen LogP contribution in [0.5, 0.6) is 0 Å². The first-order chi connectivity index (χ1) is 22.9. The van der Waals surface area contributed by atoms with Crippen molar-refractivity contribution in [3.05, 3.63) is 0 Å². The molecule has 8 unspecified atom stereocenters. The largest absolute Gasteiger partial charge is 0.481 e. The van der Waals surface area contributed by atoms with E-state index in [1.54, 1.807) is 20.8 Å². The molecule has 15 heteroatoms. The van der Waals surface area contributed by atoms with Gasteiger partial charge in [-0.15, -0.1) is 0 Å². The number of carbonyl (C=O) groups is 7. The quantitative estimate of drug-likeness (QED) is 0.0478. The molecule has 0 heterocycles. The molecular weight excluding hydrogens is 646 g/mol. The second kappa shape index (κ2) is 24.5. The summed E-state index contributed by atoms with van der Waals surface area (Å²) in [5.41, 5.74) is 5.58. The summed E-state index contributed by atoms with van der Waals surface area (Å²) in [6.45, 7) is 7.11. The fraction of sp³-hybridized carbons (Fsp3) is 0.794. The van der Waals surface area contributed by atoms with E-state index in [1.807, 2.05) is 6.92 Å². The molecule has 0 spiro atoms. The van der Waals surface area contributed by atoms with E-state index in [2.05, 4.69) is 0 Å². The average Bonchev–Trinajstić information content (AvgIpc) is 2.98. The first kappa shape index (κ1) is 45.4. The van der Waals surface area contributed by atoms with Crippen molar-refractivity contribution in [3.8, 4) is 0 Å². The maximum absolute atomic E-state index is 13.0. The molecule has 0 bridgehead atoms. The number of esters is 2. The van der Waals surface area contributed by atoms with E-state index in [4.69, 9.17) is 25.4 Å². The third-order valence-corrected chi connectivity index (χ3v) is 8.38. The van der Waals surface area contributed by atoms with E-state index < -0.39 is 104 Å². The number of aliphatic hydroxyl groups excluding tert-OH is 1. The van der Waals surface area contributed by atoms with Crippen molar-refractivity contribution in [2.75, 3.05) is 0 Å². The maximum atomic E-state index is 13.0. The van der Waals surface area contributed by atoms with E-state index >= 15 is 0 Å². The number of unbranched alkanes of at least 4 members (excludes halogenated alkanes) is 4. The number of rotatable bonds is 29. The topological polar surface area (TPSA) is 265 Å². The molecule has 7 N–H and O–H groups in total. The molecule has 0 amide bonds. The number of ether oxygens (including phenoxy) is 2. The van der Waals surface area contributed by atoms with Gasteiger partial charge in [0.25, 0.3) is 0 Å². The first-order valence-electron chi connectivity index (χ1n) is 17.1. The van der Waals surface area contributed by atoms with Gasteiger partial charge >= 0.3 is 35.8 Å². The van der Waals surface area contributed by atoms with Crippen molar-refractivity contribution in [3.63, 3.8) is 0 Å². The molecular formula is C34H57NO14. The molecule has 8 atom stereocenters. The lowest BCUT2D eigenvalue weighted by molar-refractivity contribution is -0.177. The standard InChI is InChI=1S/C34H57NO14/c1-5-6-11-21(3)32(49-31(43)19-24(34(46)47)17-29(40)41)27(48-30(42)18-23(33(44)45)16-28(38)39)15-20(2)14-25(36)12-9-7-8-10-13-26(37)22(4)35/h20-25,27,32,36H,5-19,35H2,1-4H3,(H,38,39)(H,40,41)(H,44,45)(H,46,47). The van der Waals surface area contributed by atoms with E-state index in [-0.39, 0.29) is 24.5 Å². The SMILES string of the molecule is CCCCC(C)C(OC(=O)CC(CC(=O)O)C(=O)O)C(CC(C)CC(O)CCCCCCC(=O)C(C)N)OC(=O)CC(CC(=O)O)C(=O)O. The maximum Gasteiger partial charge on any atom is 0.307 e. The summed E-state index contributed by atoms with van der Waals surface area (Å²) in [4.78, 5) is 83.3. The minimum Gasteiger partial charge on any atom is -0.481 e. The molecule has 0 aromatic carbocycles. The third kappa shape index (κ3) is 21.2. The Bertz CT molecular complexity index is 1080. The fourth-order valence-electron chi connectivity index (χ4n) is 5.57. The van der Waals surface area contributed by atoms with Gasteiger partial charge in [-0.25, -0.2) is 0 Å². The number of Topliss-reactive ketones (excluding diaryl/α,β-unsaturated/α-hetero) is 1. The Morgan fingerprint density at radius 1 is 0.653 bits per heavy atom. The number of ketones is 1. The average molecular weight is 704 g/mol. The minimum absolute atomic E-state index is 0.000518. The molecule has 0 aliphatic carbocycles. The van der Waals surface area contributed by atoms with Crippen LogP contribution in [0.15, 0.2) is 0 Å². The normalized spacial score (nSPS) is 16.2. The third-order valence-electron chi connectivity index (χ3n) is 8.38. The highest BCUT2D eigenvalue weighted by molar-refractivity contribution is 5.84. The van der Waals surface area contributed by atoms with Crippen LogP contribution in [-0.2, 0) is 43.0 Å². The highest BCUT2D eigenvalue weighted by Crippen LogP contribution is 2.29. The van der Waals surface area contributed by atoms with Crippen LogP contribution in [-0.4, -0.2) is 91.5 Å². The lowest BCUT2D eigenvalue weighted by Crippen LogP contribution is -2.42. The van der Waals surface area contributed by atoms with Gasteiger partial charge in [0.1, 0.15) is 18.0 Å². The molecule has 0 radical (unpaired) electrons. The van der Waals surface area contributed by atoms with Gasteiger partial charge in [0.15, 0.2) is 0 Å². The molecule has 0 fully saturated rings.